The third-order valence-electron chi connectivity index (χ3n) is 6.70. The number of pyridine rings is 2. The van der Waals surface area contributed by atoms with E-state index in [9.17, 15) is 18.0 Å². The Hall–Kier alpha value is -3.74. The van der Waals surface area contributed by atoms with Gasteiger partial charge in [0.05, 0.1) is 23.3 Å². The maximum Gasteiger partial charge on any atom is 0.417 e. The van der Waals surface area contributed by atoms with Crippen molar-refractivity contribution in [2.75, 3.05) is 0 Å². The molecule has 0 radical (unpaired) electrons. The van der Waals surface area contributed by atoms with E-state index in [1.807, 2.05) is 18.2 Å². The van der Waals surface area contributed by atoms with Crippen LogP contribution in [0.1, 0.15) is 70.0 Å². The van der Waals surface area contributed by atoms with Crippen molar-refractivity contribution < 1.29 is 18.0 Å². The molecule has 2 heterocycles. The van der Waals surface area contributed by atoms with Crippen LogP contribution in [-0.4, -0.2) is 15.9 Å². The van der Waals surface area contributed by atoms with Gasteiger partial charge in [0.15, 0.2) is 0 Å². The lowest BCUT2D eigenvalue weighted by Gasteiger charge is -2.29. The molecule has 2 atom stereocenters. The van der Waals surface area contributed by atoms with Crippen molar-refractivity contribution in [1.82, 2.24) is 15.3 Å². The summed E-state index contributed by atoms with van der Waals surface area (Å²) in [6, 6.07) is 20.1. The first-order chi connectivity index (χ1) is 16.8. The second-order valence-electron chi connectivity index (χ2n) is 9.02. The van der Waals surface area contributed by atoms with Crippen LogP contribution in [0.5, 0.6) is 0 Å². The maximum atomic E-state index is 12.7. The molecule has 0 aliphatic heterocycles. The minimum absolute atomic E-state index is 0.0334. The summed E-state index contributed by atoms with van der Waals surface area (Å²) >= 11 is 0. The predicted molar refractivity (Wildman–Crippen MR) is 128 cm³/mol. The Balaban J connectivity index is 1.31. The zero-order valence-electron chi connectivity index (χ0n) is 19.1. The number of hydrogen-bond donors (Lipinski definition) is 1. The summed E-state index contributed by atoms with van der Waals surface area (Å²) < 4.78 is 38.0. The average Bonchev–Trinajstić information content (AvgIpc) is 2.87. The summed E-state index contributed by atoms with van der Waals surface area (Å²) in [6.45, 7) is 2.30. The van der Waals surface area contributed by atoms with Crippen molar-refractivity contribution >= 4 is 16.8 Å². The maximum absolute atomic E-state index is 12.7. The molecule has 0 spiro atoms. The van der Waals surface area contributed by atoms with E-state index < -0.39 is 11.7 Å². The molecule has 7 heteroatoms. The second-order valence-corrected chi connectivity index (χ2v) is 9.02. The largest absolute Gasteiger partial charge is 0.417 e. The van der Waals surface area contributed by atoms with Crippen LogP contribution in [0.2, 0.25) is 0 Å². The number of rotatable bonds is 4. The standard InChI is InChI=1S/C28H24F3N3O/c1-17-6-11-24(23-5-3-2-4-22(17)23)26-13-7-18-14-19(8-12-25(18)34-26)27(35)33-16-21-10-9-20(15-32-21)28(29,30)31/h2-5,7-10,12-15,17,24H,6,11,16H2,1H3,(H,33,35)/t17-,24?/m0/s1. The molecule has 1 N–H and O–H groups in total. The van der Waals surface area contributed by atoms with Crippen molar-refractivity contribution in [1.29, 1.82) is 0 Å². The molecule has 0 saturated carbocycles. The predicted octanol–water partition coefficient (Wildman–Crippen LogP) is 6.61. The fourth-order valence-electron chi connectivity index (χ4n) is 4.76. The molecular weight excluding hydrogens is 451 g/mol. The minimum Gasteiger partial charge on any atom is -0.346 e. The van der Waals surface area contributed by atoms with Crippen LogP contribution in [-0.2, 0) is 12.7 Å². The number of carbonyl (C=O) groups is 1. The molecule has 2 aromatic carbocycles. The van der Waals surface area contributed by atoms with E-state index in [4.69, 9.17) is 4.98 Å². The third-order valence-corrected chi connectivity index (χ3v) is 6.70. The van der Waals surface area contributed by atoms with Crippen molar-refractivity contribution in [2.45, 2.75) is 44.3 Å². The summed E-state index contributed by atoms with van der Waals surface area (Å²) in [4.78, 5) is 21.3. The molecule has 1 unspecified atom stereocenters. The van der Waals surface area contributed by atoms with Gasteiger partial charge >= 0.3 is 6.18 Å². The molecular formula is C28H24F3N3O. The quantitative estimate of drug-likeness (QED) is 0.361. The first-order valence-corrected chi connectivity index (χ1v) is 11.6. The highest BCUT2D eigenvalue weighted by Crippen LogP contribution is 2.41. The van der Waals surface area contributed by atoms with Gasteiger partial charge < -0.3 is 5.32 Å². The molecule has 2 aromatic heterocycles. The van der Waals surface area contributed by atoms with E-state index in [0.29, 0.717) is 17.2 Å². The summed E-state index contributed by atoms with van der Waals surface area (Å²) in [6.07, 6.45) is -1.50. The van der Waals surface area contributed by atoms with Crippen molar-refractivity contribution in [3.8, 4) is 0 Å². The van der Waals surface area contributed by atoms with Gasteiger partial charge in [-0.3, -0.25) is 14.8 Å². The topological polar surface area (TPSA) is 54.9 Å². The second kappa shape index (κ2) is 9.13. The number of benzene rings is 2. The molecule has 5 rings (SSSR count). The Morgan fingerprint density at radius 3 is 2.54 bits per heavy atom. The molecule has 4 nitrogen and oxygen atoms in total. The first-order valence-electron chi connectivity index (χ1n) is 11.6. The monoisotopic (exact) mass is 475 g/mol. The Morgan fingerprint density at radius 2 is 1.80 bits per heavy atom. The van der Waals surface area contributed by atoms with Gasteiger partial charge in [-0.15, -0.1) is 0 Å². The summed E-state index contributed by atoms with van der Waals surface area (Å²) in [5, 5.41) is 3.57. The molecule has 0 fully saturated rings. The lowest BCUT2D eigenvalue weighted by molar-refractivity contribution is -0.137. The van der Waals surface area contributed by atoms with Crippen LogP contribution in [0, 0.1) is 0 Å². The van der Waals surface area contributed by atoms with Crippen LogP contribution in [0.3, 0.4) is 0 Å². The Kier molecular flexibility index (Phi) is 6.01. The van der Waals surface area contributed by atoms with Crippen molar-refractivity contribution in [2.24, 2.45) is 0 Å². The zero-order chi connectivity index (χ0) is 24.6. The molecule has 1 aliphatic carbocycles. The number of alkyl halides is 3. The summed E-state index contributed by atoms with van der Waals surface area (Å²) in [5.74, 6) is 0.473. The third kappa shape index (κ3) is 4.76. The number of fused-ring (bicyclic) bond motifs is 2. The number of carbonyl (C=O) groups excluding carboxylic acids is 1. The molecule has 1 amide bonds. The number of halogens is 3. The zero-order valence-corrected chi connectivity index (χ0v) is 19.1. The van der Waals surface area contributed by atoms with Gasteiger partial charge in [0, 0.05) is 28.8 Å². The van der Waals surface area contributed by atoms with Crippen LogP contribution >= 0.6 is 0 Å². The average molecular weight is 476 g/mol. The van der Waals surface area contributed by atoms with Gasteiger partial charge in [-0.1, -0.05) is 37.3 Å². The van der Waals surface area contributed by atoms with E-state index in [1.165, 1.54) is 17.2 Å². The van der Waals surface area contributed by atoms with E-state index in [0.717, 1.165) is 41.7 Å². The Bertz CT molecular complexity index is 1380. The highest BCUT2D eigenvalue weighted by molar-refractivity contribution is 5.97. The number of amides is 1. The van der Waals surface area contributed by atoms with Crippen molar-refractivity contribution in [3.05, 3.63) is 107 Å². The van der Waals surface area contributed by atoms with Crippen LogP contribution in [0.15, 0.2) is 72.9 Å². The van der Waals surface area contributed by atoms with Gasteiger partial charge in [0.2, 0.25) is 0 Å². The molecule has 0 saturated heterocycles. The molecule has 4 aromatic rings. The van der Waals surface area contributed by atoms with Crippen LogP contribution in [0.25, 0.3) is 10.9 Å². The molecule has 35 heavy (non-hydrogen) atoms. The first kappa shape index (κ1) is 23.0. The fraction of sp³-hybridized carbons (Fsp3) is 0.250. The number of hydrogen-bond acceptors (Lipinski definition) is 3. The smallest absolute Gasteiger partial charge is 0.346 e. The number of nitrogens with one attached hydrogen (secondary N) is 1. The highest BCUT2D eigenvalue weighted by atomic mass is 19.4. The molecule has 178 valence electrons. The number of nitrogens with zero attached hydrogens (tertiary/aromatic N) is 2. The van der Waals surface area contributed by atoms with Gasteiger partial charge in [0.25, 0.3) is 5.91 Å². The van der Waals surface area contributed by atoms with Gasteiger partial charge in [-0.2, -0.15) is 13.2 Å². The van der Waals surface area contributed by atoms with Gasteiger partial charge in [-0.05, 0) is 66.3 Å². The lowest BCUT2D eigenvalue weighted by Crippen LogP contribution is -2.23. The Morgan fingerprint density at radius 1 is 1.00 bits per heavy atom. The fourth-order valence-corrected chi connectivity index (χ4v) is 4.76. The van der Waals surface area contributed by atoms with E-state index in [1.54, 1.807) is 12.1 Å². The van der Waals surface area contributed by atoms with Gasteiger partial charge in [0.1, 0.15) is 0 Å². The van der Waals surface area contributed by atoms with Crippen LogP contribution in [0.4, 0.5) is 13.2 Å². The van der Waals surface area contributed by atoms with E-state index >= 15 is 0 Å². The SMILES string of the molecule is C[C@H]1CCC(c2ccc3cc(C(=O)NCc4ccc(C(F)(F)F)cn4)ccc3n2)c2ccccc21. The Labute approximate surface area is 201 Å². The van der Waals surface area contributed by atoms with Gasteiger partial charge in [-0.25, -0.2) is 0 Å². The van der Waals surface area contributed by atoms with E-state index in [2.05, 4.69) is 41.5 Å². The summed E-state index contributed by atoms with van der Waals surface area (Å²) in [7, 11) is 0. The summed E-state index contributed by atoms with van der Waals surface area (Å²) in [5.41, 5.74) is 4.56. The lowest BCUT2D eigenvalue weighted by atomic mass is 9.76. The minimum atomic E-state index is -4.44. The van der Waals surface area contributed by atoms with Crippen LogP contribution < -0.4 is 5.32 Å². The molecule has 1 aliphatic rings. The number of aromatic nitrogens is 2. The van der Waals surface area contributed by atoms with Crippen molar-refractivity contribution in [3.63, 3.8) is 0 Å². The normalized spacial score (nSPS) is 17.7. The highest BCUT2D eigenvalue weighted by Gasteiger charge is 2.30. The van der Waals surface area contributed by atoms with E-state index in [-0.39, 0.29) is 18.4 Å². The molecule has 0 bridgehead atoms.